The van der Waals surface area contributed by atoms with Crippen molar-refractivity contribution in [1.82, 2.24) is 4.31 Å². The Morgan fingerprint density at radius 3 is 2.26 bits per heavy atom. The highest BCUT2D eigenvalue weighted by Gasteiger charge is 2.40. The van der Waals surface area contributed by atoms with E-state index in [1.165, 1.54) is 13.2 Å². The van der Waals surface area contributed by atoms with Gasteiger partial charge in [-0.25, -0.2) is 8.42 Å². The molecule has 0 fully saturated rings. The highest BCUT2D eigenvalue weighted by atomic mass is 32.2. The summed E-state index contributed by atoms with van der Waals surface area (Å²) in [5, 5.41) is 3.12. The van der Waals surface area contributed by atoms with E-state index in [9.17, 15) is 18.0 Å². The van der Waals surface area contributed by atoms with E-state index in [0.717, 1.165) is 9.87 Å². The van der Waals surface area contributed by atoms with Crippen LogP contribution in [0.1, 0.15) is 39.2 Å². The summed E-state index contributed by atoms with van der Waals surface area (Å²) in [5.41, 5.74) is 0.304. The number of ether oxygens (including phenoxy) is 5. The standard InChI is InChI=1S/C27H36N2O9S/c1-27(2,3)38-26(31)23(8-10-25(30)36-6)29-12-11-28-22-16-19(7-9-24(22)39(29,32)33)37-17-18-13-20(34-4)15-21(14-18)35-5/h7,9,13-16,23,28H,8,10-12,17H2,1-6H3/t23-/m1/s1. The number of hydrogen-bond acceptors (Lipinski definition) is 10. The van der Waals surface area contributed by atoms with Crippen LogP contribution in [0.4, 0.5) is 5.69 Å². The molecule has 0 amide bonds. The topological polar surface area (TPSA) is 130 Å². The number of esters is 2. The van der Waals surface area contributed by atoms with Gasteiger partial charge in [0.05, 0.1) is 27.0 Å². The summed E-state index contributed by atoms with van der Waals surface area (Å²) in [6.07, 6.45) is -0.226. The summed E-state index contributed by atoms with van der Waals surface area (Å²) in [6.45, 7) is 5.49. The van der Waals surface area contributed by atoms with Crippen molar-refractivity contribution in [2.24, 2.45) is 0 Å². The maximum Gasteiger partial charge on any atom is 0.324 e. The second kappa shape index (κ2) is 12.6. The normalized spacial score (nSPS) is 15.6. The molecule has 12 heteroatoms. The highest BCUT2D eigenvalue weighted by Crippen LogP contribution is 2.33. The zero-order valence-electron chi connectivity index (χ0n) is 23.1. The number of hydrogen-bond donors (Lipinski definition) is 1. The van der Waals surface area contributed by atoms with Crippen LogP contribution in [0, 0.1) is 0 Å². The second-order valence-electron chi connectivity index (χ2n) is 9.87. The van der Waals surface area contributed by atoms with Gasteiger partial charge in [0, 0.05) is 31.6 Å². The molecule has 0 radical (unpaired) electrons. The lowest BCUT2D eigenvalue weighted by Crippen LogP contribution is -2.48. The summed E-state index contributed by atoms with van der Waals surface area (Å²) in [5.74, 6) is 0.405. The monoisotopic (exact) mass is 564 g/mol. The van der Waals surface area contributed by atoms with Gasteiger partial charge in [0.25, 0.3) is 0 Å². The summed E-state index contributed by atoms with van der Waals surface area (Å²) >= 11 is 0. The zero-order chi connectivity index (χ0) is 28.8. The van der Waals surface area contributed by atoms with Gasteiger partial charge < -0.3 is 29.0 Å². The third-order valence-electron chi connectivity index (χ3n) is 5.88. The molecule has 0 aromatic heterocycles. The molecule has 1 atom stereocenters. The molecule has 2 aromatic carbocycles. The van der Waals surface area contributed by atoms with Crippen molar-refractivity contribution in [2.45, 2.75) is 56.8 Å². The first kappa shape index (κ1) is 30.0. The van der Waals surface area contributed by atoms with Crippen LogP contribution in [0.15, 0.2) is 41.3 Å². The number of methoxy groups -OCH3 is 3. The molecular formula is C27H36N2O9S. The molecular weight excluding hydrogens is 528 g/mol. The first-order valence-electron chi connectivity index (χ1n) is 12.4. The predicted molar refractivity (Wildman–Crippen MR) is 144 cm³/mol. The molecule has 1 N–H and O–H groups in total. The van der Waals surface area contributed by atoms with Crippen molar-refractivity contribution in [3.8, 4) is 17.2 Å². The molecule has 0 spiro atoms. The largest absolute Gasteiger partial charge is 0.497 e. The van der Waals surface area contributed by atoms with Gasteiger partial charge >= 0.3 is 11.9 Å². The van der Waals surface area contributed by atoms with Crippen molar-refractivity contribution in [1.29, 1.82) is 0 Å². The third kappa shape index (κ3) is 7.76. The summed E-state index contributed by atoms with van der Waals surface area (Å²) in [4.78, 5) is 24.9. The fourth-order valence-corrected chi connectivity index (χ4v) is 5.81. The van der Waals surface area contributed by atoms with Gasteiger partial charge in [-0.2, -0.15) is 4.31 Å². The lowest BCUT2D eigenvalue weighted by molar-refractivity contribution is -0.160. The van der Waals surface area contributed by atoms with Crippen LogP contribution >= 0.6 is 0 Å². The van der Waals surface area contributed by atoms with Crippen molar-refractivity contribution in [3.05, 3.63) is 42.0 Å². The quantitative estimate of drug-likeness (QED) is 0.429. The average Bonchev–Trinajstić information content (AvgIpc) is 3.01. The van der Waals surface area contributed by atoms with Gasteiger partial charge in [-0.3, -0.25) is 9.59 Å². The Hall–Kier alpha value is -3.51. The van der Waals surface area contributed by atoms with E-state index < -0.39 is 33.6 Å². The number of anilines is 1. The van der Waals surface area contributed by atoms with Gasteiger partial charge in [0.2, 0.25) is 10.0 Å². The summed E-state index contributed by atoms with van der Waals surface area (Å²) in [7, 11) is 0.207. The van der Waals surface area contributed by atoms with Crippen LogP contribution in [-0.2, 0) is 35.7 Å². The first-order valence-corrected chi connectivity index (χ1v) is 13.9. The predicted octanol–water partition coefficient (Wildman–Crippen LogP) is 3.36. The Balaban J connectivity index is 1.87. The van der Waals surface area contributed by atoms with Gasteiger partial charge in [-0.1, -0.05) is 0 Å². The SMILES string of the molecule is COC(=O)CC[C@H](C(=O)OC(C)(C)C)N1CCNc2cc(OCc3cc(OC)cc(OC)c3)ccc2S1(=O)=O. The number of carbonyl (C=O) groups is 2. The number of carbonyl (C=O) groups excluding carboxylic acids is 2. The summed E-state index contributed by atoms with van der Waals surface area (Å²) < 4.78 is 55.4. The maximum atomic E-state index is 13.8. The number of benzene rings is 2. The fraction of sp³-hybridized carbons (Fsp3) is 0.481. The lowest BCUT2D eigenvalue weighted by atomic mass is 10.1. The van der Waals surface area contributed by atoms with E-state index in [1.807, 2.05) is 12.1 Å². The highest BCUT2D eigenvalue weighted by molar-refractivity contribution is 7.89. The van der Waals surface area contributed by atoms with Crippen molar-refractivity contribution in [3.63, 3.8) is 0 Å². The van der Waals surface area contributed by atoms with Crippen LogP contribution in [0.3, 0.4) is 0 Å². The molecule has 0 aliphatic carbocycles. The average molecular weight is 565 g/mol. The van der Waals surface area contributed by atoms with Gasteiger partial charge in [-0.05, 0) is 57.0 Å². The molecule has 0 unspecified atom stereocenters. The summed E-state index contributed by atoms with van der Waals surface area (Å²) in [6, 6.07) is 8.77. The molecule has 214 valence electrons. The molecule has 39 heavy (non-hydrogen) atoms. The number of nitrogens with zero attached hydrogens (tertiary/aromatic N) is 1. The minimum Gasteiger partial charge on any atom is -0.497 e. The van der Waals surface area contributed by atoms with E-state index in [0.29, 0.717) is 22.9 Å². The minimum atomic E-state index is -4.15. The van der Waals surface area contributed by atoms with Crippen molar-refractivity contribution in [2.75, 3.05) is 39.7 Å². The second-order valence-corrected chi connectivity index (χ2v) is 11.7. The zero-order valence-corrected chi connectivity index (χ0v) is 23.9. The number of rotatable bonds is 10. The molecule has 3 rings (SSSR count). The molecule has 0 saturated carbocycles. The van der Waals surface area contributed by atoms with E-state index in [2.05, 4.69) is 5.32 Å². The number of sulfonamides is 1. The third-order valence-corrected chi connectivity index (χ3v) is 7.84. The van der Waals surface area contributed by atoms with Gasteiger partial charge in [-0.15, -0.1) is 0 Å². The number of nitrogens with one attached hydrogen (secondary N) is 1. The van der Waals surface area contributed by atoms with Crippen LogP contribution in [0.25, 0.3) is 0 Å². The number of fused-ring (bicyclic) bond motifs is 1. The van der Waals surface area contributed by atoms with Gasteiger partial charge in [0.1, 0.15) is 40.4 Å². The van der Waals surface area contributed by atoms with E-state index >= 15 is 0 Å². The Morgan fingerprint density at radius 1 is 1.00 bits per heavy atom. The molecule has 1 heterocycles. The molecule has 2 aromatic rings. The Bertz CT molecular complexity index is 1270. The van der Waals surface area contributed by atoms with Crippen LogP contribution in [0.5, 0.6) is 17.2 Å². The molecule has 1 aliphatic rings. The maximum absolute atomic E-state index is 13.8. The minimum absolute atomic E-state index is 0.0120. The smallest absolute Gasteiger partial charge is 0.324 e. The Labute approximate surface area is 229 Å². The molecule has 0 saturated heterocycles. The molecule has 0 bridgehead atoms. The van der Waals surface area contributed by atoms with Crippen LogP contribution in [0.2, 0.25) is 0 Å². The Morgan fingerprint density at radius 2 is 1.67 bits per heavy atom. The van der Waals surface area contributed by atoms with E-state index in [-0.39, 0.29) is 37.4 Å². The van der Waals surface area contributed by atoms with Crippen LogP contribution in [-0.4, -0.2) is 70.7 Å². The van der Waals surface area contributed by atoms with Crippen molar-refractivity contribution >= 4 is 27.6 Å². The molecule has 1 aliphatic heterocycles. The Kier molecular flexibility index (Phi) is 9.68. The first-order chi connectivity index (χ1) is 18.4. The van der Waals surface area contributed by atoms with Gasteiger partial charge in [0.15, 0.2) is 0 Å². The van der Waals surface area contributed by atoms with Crippen molar-refractivity contribution < 1.29 is 41.7 Å². The molecule has 11 nitrogen and oxygen atoms in total. The van der Waals surface area contributed by atoms with E-state index in [1.54, 1.807) is 53.2 Å². The lowest BCUT2D eigenvalue weighted by Gasteiger charge is -2.30. The van der Waals surface area contributed by atoms with E-state index in [4.69, 9.17) is 23.7 Å². The fourth-order valence-electron chi connectivity index (χ4n) is 4.05. The van der Waals surface area contributed by atoms with Crippen LogP contribution < -0.4 is 19.5 Å².